The Labute approximate surface area is 151 Å². The highest BCUT2D eigenvalue weighted by molar-refractivity contribution is 7.98. The number of hydrogen-bond donors (Lipinski definition) is 2. The summed E-state index contributed by atoms with van der Waals surface area (Å²) in [7, 11) is 3.32. The van der Waals surface area contributed by atoms with E-state index in [4.69, 9.17) is 4.74 Å². The van der Waals surface area contributed by atoms with Crippen LogP contribution in [0.25, 0.3) is 0 Å². The Hall–Kier alpha value is -2.48. The molecule has 0 radical (unpaired) electrons. The van der Waals surface area contributed by atoms with Gasteiger partial charge < -0.3 is 15.4 Å². The zero-order valence-corrected chi connectivity index (χ0v) is 15.8. The molecule has 2 N–H and O–H groups in total. The summed E-state index contributed by atoms with van der Waals surface area (Å²) >= 11 is 1.56. The smallest absolute Gasteiger partial charge is 0.255 e. The van der Waals surface area contributed by atoms with E-state index in [2.05, 4.69) is 15.7 Å². The van der Waals surface area contributed by atoms with Crippen LogP contribution in [0.3, 0.4) is 0 Å². The quantitative estimate of drug-likeness (QED) is 0.769. The van der Waals surface area contributed by atoms with Crippen molar-refractivity contribution in [3.63, 3.8) is 0 Å². The molecule has 1 heterocycles. The van der Waals surface area contributed by atoms with Gasteiger partial charge in [-0.3, -0.25) is 14.3 Å². The van der Waals surface area contributed by atoms with Crippen molar-refractivity contribution in [3.05, 3.63) is 35.2 Å². The number of amides is 2. The number of ether oxygens (including phenoxy) is 1. The van der Waals surface area contributed by atoms with Crippen molar-refractivity contribution in [3.8, 4) is 5.75 Å². The summed E-state index contributed by atoms with van der Waals surface area (Å²) in [6.45, 7) is 3.55. The van der Waals surface area contributed by atoms with Crippen LogP contribution in [0.4, 0.5) is 5.69 Å². The van der Waals surface area contributed by atoms with E-state index in [0.29, 0.717) is 17.0 Å². The molecule has 1 aromatic carbocycles. The zero-order chi connectivity index (χ0) is 18.6. The van der Waals surface area contributed by atoms with Crippen molar-refractivity contribution in [1.29, 1.82) is 0 Å². The van der Waals surface area contributed by atoms with Crippen LogP contribution in [0.5, 0.6) is 5.75 Å². The summed E-state index contributed by atoms with van der Waals surface area (Å²) in [4.78, 5) is 25.4. The van der Waals surface area contributed by atoms with Crippen LogP contribution in [-0.2, 0) is 11.8 Å². The molecule has 0 aliphatic rings. The fourth-order valence-corrected chi connectivity index (χ4v) is 2.81. The number of aromatic nitrogens is 2. The summed E-state index contributed by atoms with van der Waals surface area (Å²) in [5.74, 6) is -0.199. The first-order valence-corrected chi connectivity index (χ1v) is 8.90. The number of anilines is 1. The third-order valence-electron chi connectivity index (χ3n) is 3.84. The Balaban J connectivity index is 2.01. The van der Waals surface area contributed by atoms with Crippen LogP contribution >= 0.6 is 11.8 Å². The van der Waals surface area contributed by atoms with Gasteiger partial charge in [-0.25, -0.2) is 0 Å². The van der Waals surface area contributed by atoms with E-state index in [0.717, 1.165) is 16.3 Å². The van der Waals surface area contributed by atoms with Crippen molar-refractivity contribution in [2.45, 2.75) is 18.7 Å². The van der Waals surface area contributed by atoms with Crippen LogP contribution in [0, 0.1) is 13.8 Å². The average molecular weight is 362 g/mol. The van der Waals surface area contributed by atoms with Gasteiger partial charge in [0.15, 0.2) is 0 Å². The highest BCUT2D eigenvalue weighted by Gasteiger charge is 2.16. The molecule has 134 valence electrons. The van der Waals surface area contributed by atoms with E-state index in [1.807, 2.05) is 33.2 Å². The van der Waals surface area contributed by atoms with Crippen molar-refractivity contribution in [2.24, 2.45) is 7.05 Å². The van der Waals surface area contributed by atoms with Gasteiger partial charge >= 0.3 is 0 Å². The molecule has 25 heavy (non-hydrogen) atoms. The summed E-state index contributed by atoms with van der Waals surface area (Å²) in [5, 5.41) is 9.63. The van der Waals surface area contributed by atoms with E-state index in [-0.39, 0.29) is 18.4 Å². The van der Waals surface area contributed by atoms with Gasteiger partial charge in [0, 0.05) is 11.9 Å². The maximum Gasteiger partial charge on any atom is 0.255 e. The van der Waals surface area contributed by atoms with Gasteiger partial charge in [-0.1, -0.05) is 0 Å². The number of nitrogens with one attached hydrogen (secondary N) is 2. The molecule has 0 spiro atoms. The van der Waals surface area contributed by atoms with Crippen LogP contribution in [-0.4, -0.2) is 41.5 Å². The molecule has 2 amide bonds. The minimum atomic E-state index is -0.362. The van der Waals surface area contributed by atoms with Crippen molar-refractivity contribution < 1.29 is 14.3 Å². The van der Waals surface area contributed by atoms with Crippen LogP contribution in [0.15, 0.2) is 23.1 Å². The van der Waals surface area contributed by atoms with Gasteiger partial charge in [0.1, 0.15) is 5.75 Å². The number of rotatable bonds is 6. The van der Waals surface area contributed by atoms with Gasteiger partial charge in [0.2, 0.25) is 5.91 Å². The number of carbonyl (C=O) groups is 2. The first-order chi connectivity index (χ1) is 11.9. The largest absolute Gasteiger partial charge is 0.496 e. The van der Waals surface area contributed by atoms with E-state index in [9.17, 15) is 9.59 Å². The molecule has 0 bridgehead atoms. The third-order valence-corrected chi connectivity index (χ3v) is 4.56. The standard InChI is InChI=1S/C17H22N4O3S/c1-10-16(11(2)21(3)20-10)19-15(22)9-18-17(23)13-7-6-12(25-5)8-14(13)24-4/h6-8H,9H2,1-5H3,(H,18,23)(H,19,22). The maximum atomic E-state index is 12.3. The van der Waals surface area contributed by atoms with Gasteiger partial charge in [0.25, 0.3) is 5.91 Å². The summed E-state index contributed by atoms with van der Waals surface area (Å²) < 4.78 is 6.96. The zero-order valence-electron chi connectivity index (χ0n) is 15.0. The molecule has 2 aromatic rings. The first kappa shape index (κ1) is 18.9. The van der Waals surface area contributed by atoms with Crippen LogP contribution in [0.2, 0.25) is 0 Å². The fourth-order valence-electron chi connectivity index (χ4n) is 2.38. The number of methoxy groups -OCH3 is 1. The maximum absolute atomic E-state index is 12.3. The number of thioether (sulfide) groups is 1. The Morgan fingerprint density at radius 1 is 1.32 bits per heavy atom. The third kappa shape index (κ3) is 4.33. The summed E-state index contributed by atoms with van der Waals surface area (Å²) in [6.07, 6.45) is 1.95. The molecule has 8 heteroatoms. The lowest BCUT2D eigenvalue weighted by Crippen LogP contribution is -2.33. The topological polar surface area (TPSA) is 85.2 Å². The van der Waals surface area contributed by atoms with E-state index in [1.54, 1.807) is 28.6 Å². The van der Waals surface area contributed by atoms with Crippen LogP contribution < -0.4 is 15.4 Å². The monoisotopic (exact) mass is 362 g/mol. The second-order valence-electron chi connectivity index (χ2n) is 5.47. The molecule has 0 saturated carbocycles. The molecule has 0 unspecified atom stereocenters. The molecular weight excluding hydrogens is 340 g/mol. The Morgan fingerprint density at radius 2 is 2.04 bits per heavy atom. The molecule has 1 aromatic heterocycles. The number of nitrogens with zero attached hydrogens (tertiary/aromatic N) is 2. The first-order valence-electron chi connectivity index (χ1n) is 7.67. The Morgan fingerprint density at radius 3 is 2.60 bits per heavy atom. The fraction of sp³-hybridized carbons (Fsp3) is 0.353. The summed E-state index contributed by atoms with van der Waals surface area (Å²) in [5.41, 5.74) is 2.64. The normalized spacial score (nSPS) is 10.4. The van der Waals surface area contributed by atoms with Crippen molar-refractivity contribution in [1.82, 2.24) is 15.1 Å². The lowest BCUT2D eigenvalue weighted by Gasteiger charge is -2.11. The summed E-state index contributed by atoms with van der Waals surface area (Å²) in [6, 6.07) is 5.32. The van der Waals surface area contributed by atoms with Gasteiger partial charge in [-0.15, -0.1) is 11.8 Å². The van der Waals surface area contributed by atoms with Gasteiger partial charge in [0.05, 0.1) is 36.3 Å². The molecule has 0 saturated heterocycles. The number of carbonyl (C=O) groups excluding carboxylic acids is 2. The van der Waals surface area contributed by atoms with E-state index < -0.39 is 0 Å². The Bertz CT molecular complexity index is 801. The molecule has 2 rings (SSSR count). The highest BCUT2D eigenvalue weighted by atomic mass is 32.2. The van der Waals surface area contributed by atoms with E-state index >= 15 is 0 Å². The van der Waals surface area contributed by atoms with Crippen LogP contribution in [0.1, 0.15) is 21.7 Å². The average Bonchev–Trinajstić information content (AvgIpc) is 2.85. The SMILES string of the molecule is COc1cc(SC)ccc1C(=O)NCC(=O)Nc1c(C)nn(C)c1C. The van der Waals surface area contributed by atoms with Crippen molar-refractivity contribution >= 4 is 29.3 Å². The molecular formula is C17H22N4O3S. The number of benzene rings is 1. The lowest BCUT2D eigenvalue weighted by atomic mass is 10.2. The Kier molecular flexibility index (Phi) is 6.08. The van der Waals surface area contributed by atoms with Gasteiger partial charge in [-0.2, -0.15) is 5.10 Å². The molecule has 0 fully saturated rings. The predicted octanol–water partition coefficient (Wildman–Crippen LogP) is 2.14. The number of aryl methyl sites for hydroxylation is 2. The lowest BCUT2D eigenvalue weighted by molar-refractivity contribution is -0.115. The van der Waals surface area contributed by atoms with Crippen molar-refractivity contribution in [2.75, 3.05) is 25.2 Å². The molecule has 0 aliphatic carbocycles. The minimum absolute atomic E-state index is 0.139. The predicted molar refractivity (Wildman–Crippen MR) is 98.4 cm³/mol. The second kappa shape index (κ2) is 8.06. The van der Waals surface area contributed by atoms with E-state index in [1.165, 1.54) is 7.11 Å². The minimum Gasteiger partial charge on any atom is -0.496 e. The second-order valence-corrected chi connectivity index (χ2v) is 6.35. The molecule has 0 aliphatic heterocycles. The highest BCUT2D eigenvalue weighted by Crippen LogP contribution is 2.25. The number of hydrogen-bond acceptors (Lipinski definition) is 5. The molecule has 7 nitrogen and oxygen atoms in total. The molecule has 0 atom stereocenters. The van der Waals surface area contributed by atoms with Gasteiger partial charge in [-0.05, 0) is 38.3 Å².